The van der Waals surface area contributed by atoms with Crippen LogP contribution in [0.25, 0.3) is 10.9 Å². The van der Waals surface area contributed by atoms with E-state index in [-0.39, 0.29) is 17.8 Å². The molecule has 2 aromatic carbocycles. The van der Waals surface area contributed by atoms with E-state index in [1.165, 1.54) is 23.0 Å². The van der Waals surface area contributed by atoms with Gasteiger partial charge in [-0.05, 0) is 74.3 Å². The first-order valence-corrected chi connectivity index (χ1v) is 12.0. The summed E-state index contributed by atoms with van der Waals surface area (Å²) in [6, 6.07) is 12.9. The van der Waals surface area contributed by atoms with Crippen molar-refractivity contribution in [3.05, 3.63) is 78.1 Å². The fourth-order valence-corrected chi connectivity index (χ4v) is 4.54. The second kappa shape index (κ2) is 10.4. The molecule has 1 atom stereocenters. The van der Waals surface area contributed by atoms with Gasteiger partial charge >= 0.3 is 12.0 Å². The summed E-state index contributed by atoms with van der Waals surface area (Å²) in [4.78, 5) is 34.7. The van der Waals surface area contributed by atoms with E-state index in [1.807, 2.05) is 6.07 Å². The average molecular weight is 504 g/mol. The van der Waals surface area contributed by atoms with Crippen LogP contribution < -0.4 is 10.1 Å². The number of halogens is 1. The summed E-state index contributed by atoms with van der Waals surface area (Å²) in [6.07, 6.45) is 4.63. The number of rotatable bonds is 6. The van der Waals surface area contributed by atoms with Gasteiger partial charge in [0.1, 0.15) is 17.9 Å². The van der Waals surface area contributed by atoms with Gasteiger partial charge in [-0.3, -0.25) is 14.3 Å². The number of hydrogen-bond acceptors (Lipinski definition) is 6. The van der Waals surface area contributed by atoms with E-state index in [1.54, 1.807) is 43.5 Å². The first-order valence-electron chi connectivity index (χ1n) is 12.0. The summed E-state index contributed by atoms with van der Waals surface area (Å²) in [5.74, 6) is -0.518. The first-order chi connectivity index (χ1) is 17.9. The number of aliphatic carboxylic acids is 1. The summed E-state index contributed by atoms with van der Waals surface area (Å²) in [5, 5.41) is 12.9. The van der Waals surface area contributed by atoms with Gasteiger partial charge in [0.2, 0.25) is 5.88 Å². The number of nitrogens with one attached hydrogen (secondary N) is 1. The molecule has 0 spiro atoms. The summed E-state index contributed by atoms with van der Waals surface area (Å²) in [7, 11) is 0. The number of hydrogen-bond donors (Lipinski definition) is 2. The molecule has 2 N–H and O–H groups in total. The molecule has 1 aliphatic heterocycles. The highest BCUT2D eigenvalue weighted by Crippen LogP contribution is 2.27. The molecule has 37 heavy (non-hydrogen) atoms. The Morgan fingerprint density at radius 2 is 2.03 bits per heavy atom. The van der Waals surface area contributed by atoms with Gasteiger partial charge in [-0.25, -0.2) is 19.2 Å². The van der Waals surface area contributed by atoms with Gasteiger partial charge in [-0.1, -0.05) is 0 Å². The summed E-state index contributed by atoms with van der Waals surface area (Å²) in [5.41, 5.74) is 2.39. The van der Waals surface area contributed by atoms with E-state index in [4.69, 9.17) is 4.74 Å². The van der Waals surface area contributed by atoms with E-state index in [0.29, 0.717) is 47.9 Å². The van der Waals surface area contributed by atoms with Gasteiger partial charge in [0, 0.05) is 36.4 Å². The minimum atomic E-state index is -0.760. The molecule has 2 aromatic heterocycles. The highest BCUT2D eigenvalue weighted by Gasteiger charge is 2.25. The smallest absolute Gasteiger partial charge is 0.330 e. The minimum absolute atomic E-state index is 0.328. The molecule has 0 radical (unpaired) electrons. The number of aryl methyl sites for hydroxylation is 1. The number of piperidine rings is 1. The molecule has 1 aliphatic rings. The molecule has 0 saturated carbocycles. The van der Waals surface area contributed by atoms with Crippen LogP contribution >= 0.6 is 0 Å². The van der Waals surface area contributed by atoms with Crippen molar-refractivity contribution in [3.63, 3.8) is 0 Å². The second-order valence-electron chi connectivity index (χ2n) is 9.16. The zero-order valence-electron chi connectivity index (χ0n) is 20.2. The van der Waals surface area contributed by atoms with Crippen molar-refractivity contribution in [2.24, 2.45) is 5.92 Å². The lowest BCUT2D eigenvalue weighted by molar-refractivity contribution is -0.143. The van der Waals surface area contributed by atoms with Crippen molar-refractivity contribution in [3.8, 4) is 11.6 Å². The van der Waals surface area contributed by atoms with Crippen molar-refractivity contribution < 1.29 is 23.8 Å². The Morgan fingerprint density at radius 3 is 2.84 bits per heavy atom. The number of fused-ring (bicyclic) bond motifs is 1. The van der Waals surface area contributed by atoms with Gasteiger partial charge in [0.05, 0.1) is 17.1 Å². The number of aromatic nitrogens is 3. The normalized spacial score (nSPS) is 16.0. The molecule has 3 heterocycles. The number of carboxylic acids is 1. The van der Waals surface area contributed by atoms with Gasteiger partial charge in [-0.2, -0.15) is 0 Å². The Morgan fingerprint density at radius 1 is 1.16 bits per heavy atom. The van der Waals surface area contributed by atoms with Crippen molar-refractivity contribution in [1.82, 2.24) is 19.4 Å². The molecule has 1 unspecified atom stereocenters. The number of anilines is 1. The number of carboxylic acid groups (broad SMARTS) is 1. The third kappa shape index (κ3) is 5.59. The van der Waals surface area contributed by atoms with Gasteiger partial charge in [0.15, 0.2) is 0 Å². The maximum Gasteiger partial charge on any atom is 0.330 e. The lowest BCUT2D eigenvalue weighted by atomic mass is 9.98. The largest absolute Gasteiger partial charge is 0.481 e. The van der Waals surface area contributed by atoms with Crippen LogP contribution in [-0.4, -0.2) is 49.6 Å². The molecule has 1 fully saturated rings. The third-order valence-electron chi connectivity index (χ3n) is 6.45. The minimum Gasteiger partial charge on any atom is -0.481 e. The van der Waals surface area contributed by atoms with Crippen molar-refractivity contribution >= 4 is 28.6 Å². The zero-order chi connectivity index (χ0) is 25.9. The number of carbonyl (C=O) groups is 2. The second-order valence-corrected chi connectivity index (χ2v) is 9.16. The molecular weight excluding hydrogens is 477 g/mol. The number of carbonyl (C=O) groups excluding carboxylic acids is 1. The van der Waals surface area contributed by atoms with Gasteiger partial charge in [-0.15, -0.1) is 0 Å². The number of nitrogens with zero attached hydrogens (tertiary/aromatic N) is 4. The quantitative estimate of drug-likeness (QED) is 0.379. The van der Waals surface area contributed by atoms with Gasteiger partial charge in [0.25, 0.3) is 0 Å². The standard InChI is InChI=1S/C27H26FN5O4/c1-17-11-20(4-6-23(17)28)31-27(36)33-10-8-18-12-22(5-7-24(18)33)37-25-13-21(29-16-30-25)15-32-9-2-3-19(14-32)26(34)35/h4-8,10-13,16,19H,2-3,9,14-15H2,1H3,(H,31,36)(H,34,35). The molecule has 0 bridgehead atoms. The predicted molar refractivity (Wildman–Crippen MR) is 135 cm³/mol. The number of ether oxygens (including phenoxy) is 1. The average Bonchev–Trinajstić information content (AvgIpc) is 3.30. The highest BCUT2D eigenvalue weighted by molar-refractivity contribution is 5.98. The summed E-state index contributed by atoms with van der Waals surface area (Å²) in [6.45, 7) is 3.48. The van der Waals surface area contributed by atoms with Crippen LogP contribution in [-0.2, 0) is 11.3 Å². The lowest BCUT2D eigenvalue weighted by Gasteiger charge is -2.30. The molecular formula is C27H26FN5O4. The van der Waals surface area contributed by atoms with Crippen LogP contribution in [0.15, 0.2) is 61.1 Å². The van der Waals surface area contributed by atoms with E-state index in [9.17, 15) is 19.1 Å². The SMILES string of the molecule is Cc1cc(NC(=O)n2ccc3cc(Oc4cc(CN5CCCC(C(=O)O)C5)ncn4)ccc32)ccc1F. The van der Waals surface area contributed by atoms with Crippen molar-refractivity contribution in [2.45, 2.75) is 26.3 Å². The Labute approximate surface area is 212 Å². The van der Waals surface area contributed by atoms with Crippen LogP contribution in [0.4, 0.5) is 14.9 Å². The van der Waals surface area contributed by atoms with Crippen LogP contribution in [0.5, 0.6) is 11.6 Å². The van der Waals surface area contributed by atoms with E-state index < -0.39 is 5.97 Å². The molecule has 9 nitrogen and oxygen atoms in total. The fraction of sp³-hybridized carbons (Fsp3) is 0.259. The molecule has 4 aromatic rings. The third-order valence-corrected chi connectivity index (χ3v) is 6.45. The van der Waals surface area contributed by atoms with Crippen LogP contribution in [0, 0.1) is 18.7 Å². The Bertz CT molecular complexity index is 1470. The highest BCUT2D eigenvalue weighted by atomic mass is 19.1. The Kier molecular flexibility index (Phi) is 6.82. The molecule has 1 saturated heterocycles. The molecule has 5 rings (SSSR count). The maximum absolute atomic E-state index is 13.5. The van der Waals surface area contributed by atoms with Crippen LogP contribution in [0.1, 0.15) is 24.1 Å². The summed E-state index contributed by atoms with van der Waals surface area (Å²) < 4.78 is 21.0. The Balaban J connectivity index is 1.27. The van der Waals surface area contributed by atoms with Crippen LogP contribution in [0.2, 0.25) is 0 Å². The summed E-state index contributed by atoms with van der Waals surface area (Å²) >= 11 is 0. The van der Waals surface area contributed by atoms with Gasteiger partial charge < -0.3 is 15.2 Å². The van der Waals surface area contributed by atoms with E-state index >= 15 is 0 Å². The molecule has 0 aliphatic carbocycles. The maximum atomic E-state index is 13.5. The topological polar surface area (TPSA) is 110 Å². The van der Waals surface area contributed by atoms with E-state index in [2.05, 4.69) is 20.2 Å². The number of benzene rings is 2. The number of likely N-dealkylation sites (tertiary alicyclic amines) is 1. The lowest BCUT2D eigenvalue weighted by Crippen LogP contribution is -2.38. The van der Waals surface area contributed by atoms with E-state index in [0.717, 1.165) is 24.0 Å². The molecule has 1 amide bonds. The number of amides is 1. The van der Waals surface area contributed by atoms with Crippen LogP contribution in [0.3, 0.4) is 0 Å². The fourth-order valence-electron chi connectivity index (χ4n) is 4.54. The van der Waals surface area contributed by atoms with Crippen molar-refractivity contribution in [1.29, 1.82) is 0 Å². The first kappa shape index (κ1) is 24.4. The van der Waals surface area contributed by atoms with Crippen molar-refractivity contribution in [2.75, 3.05) is 18.4 Å². The molecule has 10 heteroatoms. The zero-order valence-corrected chi connectivity index (χ0v) is 20.2. The Hall–Kier alpha value is -4.31. The molecule has 190 valence electrons. The monoisotopic (exact) mass is 503 g/mol. The predicted octanol–water partition coefficient (Wildman–Crippen LogP) is 5.05.